The molecule has 0 heterocycles. The van der Waals surface area contributed by atoms with Crippen molar-refractivity contribution in [3.8, 4) is 6.07 Å². The van der Waals surface area contributed by atoms with Crippen LogP contribution in [-0.2, 0) is 14.6 Å². The zero-order valence-corrected chi connectivity index (χ0v) is 15.4. The van der Waals surface area contributed by atoms with Crippen LogP contribution in [0, 0.1) is 16.7 Å². The Balaban J connectivity index is 2.08. The van der Waals surface area contributed by atoms with Gasteiger partial charge in [-0.2, -0.15) is 5.26 Å². The first-order chi connectivity index (χ1) is 11.5. The first-order valence-corrected chi connectivity index (χ1v) is 9.76. The predicted octanol–water partition coefficient (Wildman–Crippen LogP) is 3.55. The zero-order chi connectivity index (χ0) is 17.4. The summed E-state index contributed by atoms with van der Waals surface area (Å²) in [6.45, 7) is 0.0843. The molecule has 124 valence electrons. The third-order valence-corrected chi connectivity index (χ3v) is 7.30. The van der Waals surface area contributed by atoms with E-state index >= 15 is 0 Å². The summed E-state index contributed by atoms with van der Waals surface area (Å²) in [5.41, 5.74) is -0.224. The standard InChI is InChI=1S/C18H16BrNO3S/c1-23-12-18(11-20)16(13-7-9-14(19)10-8-13)17(18)24(21,22)15-5-3-2-4-6-15/h2-10,16-17H,12H2,1H3/t16-,17+,18-/m1/s1. The lowest BCUT2D eigenvalue weighted by molar-refractivity contribution is 0.162. The second kappa shape index (κ2) is 6.32. The summed E-state index contributed by atoms with van der Waals surface area (Å²) in [4.78, 5) is 0.241. The van der Waals surface area contributed by atoms with Gasteiger partial charge < -0.3 is 4.74 Å². The van der Waals surface area contributed by atoms with Crippen LogP contribution >= 0.6 is 15.9 Å². The maximum Gasteiger partial charge on any atom is 0.183 e. The summed E-state index contributed by atoms with van der Waals surface area (Å²) in [6, 6.07) is 17.9. The molecule has 1 fully saturated rings. The summed E-state index contributed by atoms with van der Waals surface area (Å²) < 4.78 is 32.3. The van der Waals surface area contributed by atoms with Crippen molar-refractivity contribution in [2.75, 3.05) is 13.7 Å². The Kier molecular flexibility index (Phi) is 4.52. The van der Waals surface area contributed by atoms with Gasteiger partial charge in [0.05, 0.1) is 22.8 Å². The van der Waals surface area contributed by atoms with E-state index < -0.39 is 26.4 Å². The van der Waals surface area contributed by atoms with Gasteiger partial charge in [-0.1, -0.05) is 46.3 Å². The number of ether oxygens (including phenoxy) is 1. The molecule has 24 heavy (non-hydrogen) atoms. The molecule has 1 aliphatic carbocycles. The van der Waals surface area contributed by atoms with E-state index in [9.17, 15) is 13.7 Å². The molecule has 3 atom stereocenters. The minimum absolute atomic E-state index is 0.0843. The molecule has 2 aromatic carbocycles. The second-order valence-electron chi connectivity index (χ2n) is 5.89. The molecule has 0 saturated heterocycles. The van der Waals surface area contributed by atoms with E-state index in [2.05, 4.69) is 22.0 Å². The maximum absolute atomic E-state index is 13.1. The third-order valence-electron chi connectivity index (χ3n) is 4.48. The van der Waals surface area contributed by atoms with Gasteiger partial charge >= 0.3 is 0 Å². The fourth-order valence-electron chi connectivity index (χ4n) is 3.34. The molecule has 0 bridgehead atoms. The van der Waals surface area contributed by atoms with Crippen molar-refractivity contribution in [3.63, 3.8) is 0 Å². The summed E-state index contributed by atoms with van der Waals surface area (Å²) in [7, 11) is -2.14. The van der Waals surface area contributed by atoms with Crippen LogP contribution in [0.5, 0.6) is 0 Å². The topological polar surface area (TPSA) is 67.2 Å². The predicted molar refractivity (Wildman–Crippen MR) is 94.2 cm³/mol. The SMILES string of the molecule is COC[C@]1(C#N)[C@H](c2ccc(Br)cc2)[C@@H]1S(=O)(=O)c1ccccc1. The molecule has 0 aromatic heterocycles. The van der Waals surface area contributed by atoms with E-state index in [1.807, 2.05) is 24.3 Å². The summed E-state index contributed by atoms with van der Waals surface area (Å²) >= 11 is 3.37. The van der Waals surface area contributed by atoms with Gasteiger partial charge in [0.2, 0.25) is 0 Å². The highest BCUT2D eigenvalue weighted by molar-refractivity contribution is 9.10. The van der Waals surface area contributed by atoms with E-state index in [4.69, 9.17) is 4.74 Å². The summed E-state index contributed by atoms with van der Waals surface area (Å²) in [5, 5.41) is 8.94. The Labute approximate surface area is 150 Å². The minimum atomic E-state index is -3.63. The Morgan fingerprint density at radius 1 is 1.17 bits per heavy atom. The van der Waals surface area contributed by atoms with Crippen molar-refractivity contribution in [3.05, 3.63) is 64.6 Å². The van der Waals surface area contributed by atoms with Gasteiger partial charge in [0.25, 0.3) is 0 Å². The number of hydrogen-bond acceptors (Lipinski definition) is 4. The lowest BCUT2D eigenvalue weighted by Gasteiger charge is -2.08. The highest BCUT2D eigenvalue weighted by Crippen LogP contribution is 2.63. The van der Waals surface area contributed by atoms with Crippen LogP contribution < -0.4 is 0 Å². The molecule has 0 N–H and O–H groups in total. The van der Waals surface area contributed by atoms with Gasteiger partial charge in [0, 0.05) is 17.5 Å². The van der Waals surface area contributed by atoms with Crippen molar-refractivity contribution in [2.24, 2.45) is 5.41 Å². The molecule has 1 aliphatic rings. The number of benzene rings is 2. The van der Waals surface area contributed by atoms with Crippen LogP contribution in [0.2, 0.25) is 0 Å². The fourth-order valence-corrected chi connectivity index (χ4v) is 5.93. The quantitative estimate of drug-likeness (QED) is 0.762. The molecule has 0 radical (unpaired) electrons. The van der Waals surface area contributed by atoms with Crippen LogP contribution in [0.3, 0.4) is 0 Å². The van der Waals surface area contributed by atoms with E-state index in [0.29, 0.717) is 0 Å². The van der Waals surface area contributed by atoms with Gasteiger partial charge in [-0.05, 0) is 29.8 Å². The van der Waals surface area contributed by atoms with Gasteiger partial charge in [-0.15, -0.1) is 0 Å². The lowest BCUT2D eigenvalue weighted by Crippen LogP contribution is -2.19. The highest BCUT2D eigenvalue weighted by atomic mass is 79.9. The van der Waals surface area contributed by atoms with Crippen LogP contribution in [0.1, 0.15) is 11.5 Å². The highest BCUT2D eigenvalue weighted by Gasteiger charge is 2.72. The van der Waals surface area contributed by atoms with Gasteiger partial charge in [-0.25, -0.2) is 8.42 Å². The Morgan fingerprint density at radius 2 is 1.79 bits per heavy atom. The number of halogens is 1. The fraction of sp³-hybridized carbons (Fsp3) is 0.278. The second-order valence-corrected chi connectivity index (χ2v) is 8.88. The summed E-state index contributed by atoms with van der Waals surface area (Å²) in [5.74, 6) is -0.402. The number of nitriles is 1. The first kappa shape index (κ1) is 17.2. The Bertz CT molecular complexity index is 875. The maximum atomic E-state index is 13.1. The largest absolute Gasteiger partial charge is 0.383 e. The minimum Gasteiger partial charge on any atom is -0.383 e. The Hall–Kier alpha value is -1.68. The number of nitrogens with zero attached hydrogens (tertiary/aromatic N) is 1. The van der Waals surface area contributed by atoms with E-state index in [-0.39, 0.29) is 11.5 Å². The van der Waals surface area contributed by atoms with Crippen LogP contribution in [0.25, 0.3) is 0 Å². The van der Waals surface area contributed by atoms with Gasteiger partial charge in [-0.3, -0.25) is 0 Å². The van der Waals surface area contributed by atoms with Crippen LogP contribution in [0.4, 0.5) is 0 Å². The van der Waals surface area contributed by atoms with Crippen molar-refractivity contribution in [1.29, 1.82) is 5.26 Å². The van der Waals surface area contributed by atoms with E-state index in [0.717, 1.165) is 10.0 Å². The van der Waals surface area contributed by atoms with Crippen LogP contribution in [0.15, 0.2) is 64.0 Å². The monoisotopic (exact) mass is 405 g/mol. The van der Waals surface area contributed by atoms with E-state index in [1.165, 1.54) is 7.11 Å². The van der Waals surface area contributed by atoms with Crippen molar-refractivity contribution >= 4 is 25.8 Å². The smallest absolute Gasteiger partial charge is 0.183 e. The number of rotatable bonds is 5. The lowest BCUT2D eigenvalue weighted by atomic mass is 10.0. The van der Waals surface area contributed by atoms with E-state index in [1.54, 1.807) is 30.3 Å². The van der Waals surface area contributed by atoms with Crippen molar-refractivity contribution < 1.29 is 13.2 Å². The van der Waals surface area contributed by atoms with Gasteiger partial charge in [0.15, 0.2) is 9.84 Å². The average Bonchev–Trinajstić information content (AvgIpc) is 3.26. The van der Waals surface area contributed by atoms with Crippen molar-refractivity contribution in [1.82, 2.24) is 0 Å². The number of hydrogen-bond donors (Lipinski definition) is 0. The molecule has 0 amide bonds. The molecule has 2 aromatic rings. The normalized spacial score (nSPS) is 25.9. The molecule has 0 spiro atoms. The molecule has 1 saturated carbocycles. The van der Waals surface area contributed by atoms with Crippen molar-refractivity contribution in [2.45, 2.75) is 16.1 Å². The van der Waals surface area contributed by atoms with Gasteiger partial charge in [0.1, 0.15) is 5.41 Å². The first-order valence-electron chi connectivity index (χ1n) is 7.42. The number of methoxy groups -OCH3 is 1. The molecule has 0 unspecified atom stereocenters. The average molecular weight is 406 g/mol. The molecule has 0 aliphatic heterocycles. The van der Waals surface area contributed by atoms with Crippen LogP contribution in [-0.4, -0.2) is 27.4 Å². The Morgan fingerprint density at radius 3 is 2.33 bits per heavy atom. The molecular formula is C18H16BrNO3S. The molecule has 6 heteroatoms. The third kappa shape index (κ3) is 2.67. The zero-order valence-electron chi connectivity index (χ0n) is 13.0. The molecule has 3 rings (SSSR count). The molecular weight excluding hydrogens is 390 g/mol. The molecule has 4 nitrogen and oxygen atoms in total. The number of sulfone groups is 1. The summed E-state index contributed by atoms with van der Waals surface area (Å²) in [6.07, 6.45) is 0.